The van der Waals surface area contributed by atoms with Crippen molar-refractivity contribution in [2.45, 2.75) is 40.0 Å². The number of rotatable bonds is 4. The van der Waals surface area contributed by atoms with Crippen molar-refractivity contribution in [3.63, 3.8) is 0 Å². The highest BCUT2D eigenvalue weighted by Gasteiger charge is 2.19. The molecule has 3 heteroatoms. The fourth-order valence-corrected chi connectivity index (χ4v) is 2.58. The third-order valence-electron chi connectivity index (χ3n) is 4.31. The highest BCUT2D eigenvalue weighted by Crippen LogP contribution is 2.17. The zero-order valence-corrected chi connectivity index (χ0v) is 12.9. The normalized spacial score (nSPS) is 16.2. The molecule has 0 bridgehead atoms. The van der Waals surface area contributed by atoms with Crippen molar-refractivity contribution in [1.29, 1.82) is 0 Å². The van der Waals surface area contributed by atoms with Crippen LogP contribution >= 0.6 is 0 Å². The van der Waals surface area contributed by atoms with Gasteiger partial charge in [-0.1, -0.05) is 13.0 Å². The van der Waals surface area contributed by atoms with Gasteiger partial charge in [0.2, 0.25) is 5.91 Å². The van der Waals surface area contributed by atoms with Crippen LogP contribution in [0.3, 0.4) is 0 Å². The molecule has 1 aromatic carbocycles. The Balaban J connectivity index is 1.75. The fourth-order valence-electron chi connectivity index (χ4n) is 2.58. The van der Waals surface area contributed by atoms with Gasteiger partial charge in [0.1, 0.15) is 0 Å². The third kappa shape index (κ3) is 3.99. The van der Waals surface area contributed by atoms with Crippen molar-refractivity contribution >= 4 is 11.6 Å². The van der Waals surface area contributed by atoms with E-state index in [1.54, 1.807) is 0 Å². The number of hydrogen-bond acceptors (Lipinski definition) is 2. The first-order valence-electron chi connectivity index (χ1n) is 7.65. The summed E-state index contributed by atoms with van der Waals surface area (Å²) in [6.45, 7) is 9.07. The molecule has 0 saturated carbocycles. The monoisotopic (exact) mass is 274 g/mol. The van der Waals surface area contributed by atoms with Crippen molar-refractivity contribution in [2.24, 2.45) is 5.92 Å². The molecule has 3 nitrogen and oxygen atoms in total. The van der Waals surface area contributed by atoms with Gasteiger partial charge in [0, 0.05) is 31.7 Å². The van der Waals surface area contributed by atoms with Crippen LogP contribution < -0.4 is 5.32 Å². The molecule has 0 radical (unpaired) electrons. The molecule has 1 saturated heterocycles. The van der Waals surface area contributed by atoms with Crippen LogP contribution in [-0.2, 0) is 4.79 Å². The Kier molecular flexibility index (Phi) is 5.05. The number of nitrogens with zero attached hydrogens (tertiary/aromatic N) is 1. The van der Waals surface area contributed by atoms with E-state index in [2.05, 4.69) is 44.3 Å². The minimum absolute atomic E-state index is 0.285. The van der Waals surface area contributed by atoms with E-state index in [1.165, 1.54) is 11.1 Å². The van der Waals surface area contributed by atoms with Gasteiger partial charge in [0.05, 0.1) is 0 Å². The predicted molar refractivity (Wildman–Crippen MR) is 84.0 cm³/mol. The summed E-state index contributed by atoms with van der Waals surface area (Å²) >= 11 is 0. The van der Waals surface area contributed by atoms with Crippen LogP contribution in [0.1, 0.15) is 37.3 Å². The number of benzene rings is 1. The zero-order valence-electron chi connectivity index (χ0n) is 12.9. The quantitative estimate of drug-likeness (QED) is 0.913. The summed E-state index contributed by atoms with van der Waals surface area (Å²) in [7, 11) is 0. The molecule has 1 aliphatic heterocycles. The third-order valence-corrected chi connectivity index (χ3v) is 4.31. The van der Waals surface area contributed by atoms with E-state index >= 15 is 0 Å². The largest absolute Gasteiger partial charge is 0.385 e. The SMILES string of the molecule is Cc1ccc(NCCC(=O)N2CCC(C)CC2)cc1C. The number of carbonyl (C=O) groups is 1. The molecule has 0 unspecified atom stereocenters. The molecule has 1 fully saturated rings. The average molecular weight is 274 g/mol. The molecule has 20 heavy (non-hydrogen) atoms. The molecular weight excluding hydrogens is 248 g/mol. The van der Waals surface area contributed by atoms with Gasteiger partial charge in [-0.25, -0.2) is 0 Å². The highest BCUT2D eigenvalue weighted by molar-refractivity contribution is 5.76. The van der Waals surface area contributed by atoms with E-state index in [1.807, 2.05) is 4.90 Å². The second-order valence-corrected chi connectivity index (χ2v) is 6.04. The molecule has 2 rings (SSSR count). The average Bonchev–Trinajstić information content (AvgIpc) is 2.43. The van der Waals surface area contributed by atoms with Crippen LogP contribution in [0.15, 0.2) is 18.2 Å². The van der Waals surface area contributed by atoms with Crippen LogP contribution in [-0.4, -0.2) is 30.4 Å². The van der Waals surface area contributed by atoms with Gasteiger partial charge < -0.3 is 10.2 Å². The highest BCUT2D eigenvalue weighted by atomic mass is 16.2. The second-order valence-electron chi connectivity index (χ2n) is 6.04. The maximum atomic E-state index is 12.1. The minimum Gasteiger partial charge on any atom is -0.385 e. The smallest absolute Gasteiger partial charge is 0.224 e. The van der Waals surface area contributed by atoms with Gasteiger partial charge in [0.25, 0.3) is 0 Å². The Morgan fingerprint density at radius 3 is 2.60 bits per heavy atom. The van der Waals surface area contributed by atoms with Crippen molar-refractivity contribution in [2.75, 3.05) is 25.0 Å². The Bertz CT molecular complexity index is 462. The summed E-state index contributed by atoms with van der Waals surface area (Å²) < 4.78 is 0. The lowest BCUT2D eigenvalue weighted by atomic mass is 9.99. The first kappa shape index (κ1) is 14.9. The number of aryl methyl sites for hydroxylation is 2. The molecular formula is C17H26N2O. The molecule has 1 heterocycles. The first-order valence-corrected chi connectivity index (χ1v) is 7.65. The number of nitrogens with one attached hydrogen (secondary N) is 1. The number of carbonyl (C=O) groups excluding carboxylic acids is 1. The molecule has 0 spiro atoms. The van der Waals surface area contributed by atoms with Crippen LogP contribution in [0.4, 0.5) is 5.69 Å². The number of anilines is 1. The summed E-state index contributed by atoms with van der Waals surface area (Å²) in [5.41, 5.74) is 3.69. The van der Waals surface area contributed by atoms with E-state index in [0.29, 0.717) is 13.0 Å². The molecule has 0 aliphatic carbocycles. The number of piperidine rings is 1. The molecule has 0 atom stereocenters. The molecule has 0 aromatic heterocycles. The van der Waals surface area contributed by atoms with E-state index in [0.717, 1.165) is 37.5 Å². The van der Waals surface area contributed by atoms with Crippen LogP contribution in [0.5, 0.6) is 0 Å². The molecule has 110 valence electrons. The molecule has 1 aromatic rings. The Morgan fingerprint density at radius 2 is 1.95 bits per heavy atom. The van der Waals surface area contributed by atoms with Gasteiger partial charge in [0.15, 0.2) is 0 Å². The number of hydrogen-bond donors (Lipinski definition) is 1. The van der Waals surface area contributed by atoms with Crippen LogP contribution in [0.25, 0.3) is 0 Å². The van der Waals surface area contributed by atoms with Gasteiger partial charge in [-0.2, -0.15) is 0 Å². The summed E-state index contributed by atoms with van der Waals surface area (Å²) in [5, 5.41) is 3.34. The minimum atomic E-state index is 0.285. The van der Waals surface area contributed by atoms with E-state index in [-0.39, 0.29) is 5.91 Å². The second kappa shape index (κ2) is 6.78. The maximum Gasteiger partial charge on any atom is 0.224 e. The van der Waals surface area contributed by atoms with Crippen LogP contribution in [0, 0.1) is 19.8 Å². The van der Waals surface area contributed by atoms with E-state index in [9.17, 15) is 4.79 Å². The molecule has 1 N–H and O–H groups in total. The topological polar surface area (TPSA) is 32.3 Å². The van der Waals surface area contributed by atoms with Gasteiger partial charge in [-0.15, -0.1) is 0 Å². The van der Waals surface area contributed by atoms with E-state index < -0.39 is 0 Å². The van der Waals surface area contributed by atoms with Gasteiger partial charge in [-0.3, -0.25) is 4.79 Å². The van der Waals surface area contributed by atoms with Gasteiger partial charge >= 0.3 is 0 Å². The van der Waals surface area contributed by atoms with E-state index in [4.69, 9.17) is 0 Å². The Hall–Kier alpha value is -1.51. The fraction of sp³-hybridized carbons (Fsp3) is 0.588. The summed E-state index contributed by atoms with van der Waals surface area (Å²) in [5.74, 6) is 1.06. The van der Waals surface area contributed by atoms with Crippen LogP contribution in [0.2, 0.25) is 0 Å². The van der Waals surface area contributed by atoms with Crippen molar-refractivity contribution in [1.82, 2.24) is 4.90 Å². The predicted octanol–water partition coefficient (Wildman–Crippen LogP) is 3.36. The first-order chi connectivity index (χ1) is 9.56. The molecule has 1 amide bonds. The molecule has 1 aliphatic rings. The lowest BCUT2D eigenvalue weighted by Gasteiger charge is -2.30. The summed E-state index contributed by atoms with van der Waals surface area (Å²) in [4.78, 5) is 14.1. The van der Waals surface area contributed by atoms with Crippen molar-refractivity contribution < 1.29 is 4.79 Å². The summed E-state index contributed by atoms with van der Waals surface area (Å²) in [6, 6.07) is 6.34. The van der Waals surface area contributed by atoms with Crippen molar-refractivity contribution in [3.8, 4) is 0 Å². The lowest BCUT2D eigenvalue weighted by Crippen LogP contribution is -2.38. The lowest BCUT2D eigenvalue weighted by molar-refractivity contribution is -0.132. The Morgan fingerprint density at radius 1 is 1.25 bits per heavy atom. The Labute approximate surface area is 122 Å². The van der Waals surface area contributed by atoms with Crippen molar-refractivity contribution in [3.05, 3.63) is 29.3 Å². The van der Waals surface area contributed by atoms with Gasteiger partial charge in [-0.05, 0) is 55.9 Å². The standard InChI is InChI=1S/C17H26N2O/c1-13-7-10-19(11-8-13)17(20)6-9-18-16-5-4-14(2)15(3)12-16/h4-5,12-13,18H,6-11H2,1-3H3. The number of amides is 1. The maximum absolute atomic E-state index is 12.1. The number of likely N-dealkylation sites (tertiary alicyclic amines) is 1. The summed E-state index contributed by atoms with van der Waals surface area (Å²) in [6.07, 6.45) is 2.88. The zero-order chi connectivity index (χ0) is 14.5.